The van der Waals surface area contributed by atoms with Crippen LogP contribution in [0.25, 0.3) is 0 Å². The summed E-state index contributed by atoms with van der Waals surface area (Å²) in [6.45, 7) is 3.96. The molecule has 8 heteroatoms. The highest BCUT2D eigenvalue weighted by molar-refractivity contribution is 7.88. The Hall–Kier alpha value is -0.990. The molecule has 0 saturated carbocycles. The largest absolute Gasteiger partial charge is 0.424 e. The Kier molecular flexibility index (Phi) is 4.22. The fourth-order valence-corrected chi connectivity index (χ4v) is 3.05. The minimum Gasteiger partial charge on any atom is -0.424 e. The average Bonchev–Trinajstić information content (AvgIpc) is 2.73. The number of likely N-dealkylation sites (tertiary alicyclic amines) is 1. The van der Waals surface area contributed by atoms with Gasteiger partial charge in [-0.15, -0.1) is 10.2 Å². The predicted molar refractivity (Wildman–Crippen MR) is 69.9 cm³/mol. The Bertz CT molecular complexity index is 528. The number of nitrogens with zero attached hydrogens (tertiary/aromatic N) is 4. The van der Waals surface area contributed by atoms with Crippen LogP contribution in [0.1, 0.15) is 24.6 Å². The highest BCUT2D eigenvalue weighted by Gasteiger charge is 2.28. The first kappa shape index (κ1) is 14.4. The number of hydrogen-bond acceptors (Lipinski definition) is 6. The summed E-state index contributed by atoms with van der Waals surface area (Å²) in [5.41, 5.74) is 0. The van der Waals surface area contributed by atoms with E-state index < -0.39 is 10.0 Å². The van der Waals surface area contributed by atoms with Crippen molar-refractivity contribution in [3.8, 4) is 0 Å². The third-order valence-electron chi connectivity index (χ3n) is 3.44. The summed E-state index contributed by atoms with van der Waals surface area (Å²) < 4.78 is 29.9. The molecule has 7 nitrogen and oxygen atoms in total. The molecule has 1 aromatic heterocycles. The van der Waals surface area contributed by atoms with Gasteiger partial charge in [-0.05, 0) is 19.4 Å². The van der Waals surface area contributed by atoms with Gasteiger partial charge >= 0.3 is 0 Å². The molecule has 1 atom stereocenters. The predicted octanol–water partition coefficient (Wildman–Crippen LogP) is 0.234. The molecular formula is C11H20N4O3S. The molecule has 0 N–H and O–H groups in total. The van der Waals surface area contributed by atoms with Crippen molar-refractivity contribution in [3.05, 3.63) is 11.8 Å². The van der Waals surface area contributed by atoms with Gasteiger partial charge in [-0.1, -0.05) is 0 Å². The Morgan fingerprint density at radius 3 is 2.79 bits per heavy atom. The quantitative estimate of drug-likeness (QED) is 0.789. The lowest BCUT2D eigenvalue weighted by atomic mass is 10.1. The van der Waals surface area contributed by atoms with Crippen LogP contribution in [0, 0.1) is 6.92 Å². The summed E-state index contributed by atoms with van der Waals surface area (Å²) in [6, 6.07) is 0.0211. The van der Waals surface area contributed by atoms with Crippen LogP contribution < -0.4 is 0 Å². The number of rotatable bonds is 4. The molecule has 0 amide bonds. The van der Waals surface area contributed by atoms with E-state index in [1.54, 1.807) is 14.0 Å². The molecule has 1 fully saturated rings. The van der Waals surface area contributed by atoms with Crippen molar-refractivity contribution < 1.29 is 12.8 Å². The maximum absolute atomic E-state index is 11.6. The van der Waals surface area contributed by atoms with Crippen molar-refractivity contribution in [3.63, 3.8) is 0 Å². The van der Waals surface area contributed by atoms with Crippen LogP contribution in [-0.4, -0.2) is 60.3 Å². The van der Waals surface area contributed by atoms with Crippen LogP contribution in [0.2, 0.25) is 0 Å². The summed E-state index contributed by atoms with van der Waals surface area (Å²) in [7, 11) is -1.50. The van der Waals surface area contributed by atoms with Gasteiger partial charge in [0.1, 0.15) is 0 Å². The fraction of sp³-hybridized carbons (Fsp3) is 0.818. The molecular weight excluding hydrogens is 268 g/mol. The molecule has 1 saturated heterocycles. The van der Waals surface area contributed by atoms with E-state index in [1.807, 2.05) is 0 Å². The lowest BCUT2D eigenvalue weighted by molar-refractivity contribution is 0.142. The van der Waals surface area contributed by atoms with Crippen molar-refractivity contribution in [2.45, 2.75) is 32.4 Å². The minimum absolute atomic E-state index is 0.0211. The van der Waals surface area contributed by atoms with E-state index in [-0.39, 0.29) is 6.04 Å². The van der Waals surface area contributed by atoms with Gasteiger partial charge in [0.05, 0.1) is 12.8 Å². The Morgan fingerprint density at radius 1 is 1.47 bits per heavy atom. The molecule has 0 spiro atoms. The molecule has 0 aliphatic carbocycles. The van der Waals surface area contributed by atoms with Gasteiger partial charge in [0.25, 0.3) is 0 Å². The van der Waals surface area contributed by atoms with Crippen molar-refractivity contribution >= 4 is 10.0 Å². The van der Waals surface area contributed by atoms with Gasteiger partial charge < -0.3 is 4.42 Å². The molecule has 2 heterocycles. The molecule has 1 aromatic rings. The molecule has 1 unspecified atom stereocenters. The smallest absolute Gasteiger partial charge is 0.230 e. The molecule has 19 heavy (non-hydrogen) atoms. The van der Waals surface area contributed by atoms with E-state index in [1.165, 1.54) is 10.6 Å². The van der Waals surface area contributed by atoms with E-state index in [0.29, 0.717) is 24.9 Å². The van der Waals surface area contributed by atoms with Gasteiger partial charge in [0, 0.05) is 26.6 Å². The minimum atomic E-state index is -3.14. The second-order valence-electron chi connectivity index (χ2n) is 5.03. The van der Waals surface area contributed by atoms with E-state index in [0.717, 1.165) is 19.4 Å². The van der Waals surface area contributed by atoms with Crippen LogP contribution in [0.15, 0.2) is 4.42 Å². The molecule has 0 bridgehead atoms. The van der Waals surface area contributed by atoms with E-state index in [9.17, 15) is 8.42 Å². The molecule has 1 aliphatic heterocycles. The third kappa shape index (κ3) is 3.74. The van der Waals surface area contributed by atoms with E-state index in [4.69, 9.17) is 4.42 Å². The fourth-order valence-electron chi connectivity index (χ4n) is 2.34. The SMILES string of the molecule is Cc1nnc(CN2CCCC(N(C)S(C)(=O)=O)C2)o1. The lowest BCUT2D eigenvalue weighted by Gasteiger charge is -2.35. The Balaban J connectivity index is 1.97. The van der Waals surface area contributed by atoms with Crippen molar-refractivity contribution in [1.29, 1.82) is 0 Å². The lowest BCUT2D eigenvalue weighted by Crippen LogP contribution is -2.47. The van der Waals surface area contributed by atoms with Crippen molar-refractivity contribution in [2.24, 2.45) is 0 Å². The zero-order chi connectivity index (χ0) is 14.0. The standard InChI is InChI=1S/C11H20N4O3S/c1-9-12-13-11(18-9)8-15-6-4-5-10(7-15)14(2)19(3,16)17/h10H,4-8H2,1-3H3. The van der Waals surface area contributed by atoms with E-state index in [2.05, 4.69) is 15.1 Å². The first-order valence-electron chi connectivity index (χ1n) is 6.30. The zero-order valence-corrected chi connectivity index (χ0v) is 12.4. The number of piperidine rings is 1. The van der Waals surface area contributed by atoms with Gasteiger partial charge in [-0.3, -0.25) is 4.90 Å². The highest BCUT2D eigenvalue weighted by Crippen LogP contribution is 2.18. The molecule has 0 radical (unpaired) electrons. The number of aromatic nitrogens is 2. The van der Waals surface area contributed by atoms with Gasteiger partial charge in [-0.2, -0.15) is 0 Å². The maximum atomic E-state index is 11.6. The average molecular weight is 288 g/mol. The summed E-state index contributed by atoms with van der Waals surface area (Å²) in [4.78, 5) is 2.16. The normalized spacial score (nSPS) is 22.0. The second kappa shape index (κ2) is 5.56. The number of sulfonamides is 1. The molecule has 2 rings (SSSR count). The number of hydrogen-bond donors (Lipinski definition) is 0. The number of aryl methyl sites for hydroxylation is 1. The Labute approximate surface area is 113 Å². The first-order valence-corrected chi connectivity index (χ1v) is 8.15. The zero-order valence-electron chi connectivity index (χ0n) is 11.5. The summed E-state index contributed by atoms with van der Waals surface area (Å²) in [5.74, 6) is 1.14. The number of likely N-dealkylation sites (N-methyl/N-ethyl adjacent to an activating group) is 1. The van der Waals surface area contributed by atoms with Crippen molar-refractivity contribution in [2.75, 3.05) is 26.4 Å². The summed E-state index contributed by atoms with van der Waals surface area (Å²) in [5, 5.41) is 7.76. The monoisotopic (exact) mass is 288 g/mol. The summed E-state index contributed by atoms with van der Waals surface area (Å²) >= 11 is 0. The van der Waals surface area contributed by atoms with Gasteiger partial charge in [0.15, 0.2) is 0 Å². The van der Waals surface area contributed by atoms with Crippen LogP contribution in [0.3, 0.4) is 0 Å². The molecule has 108 valence electrons. The highest BCUT2D eigenvalue weighted by atomic mass is 32.2. The van der Waals surface area contributed by atoms with Crippen LogP contribution in [-0.2, 0) is 16.6 Å². The van der Waals surface area contributed by atoms with Crippen LogP contribution in [0.5, 0.6) is 0 Å². The van der Waals surface area contributed by atoms with Gasteiger partial charge in [0.2, 0.25) is 21.8 Å². The van der Waals surface area contributed by atoms with Crippen molar-refractivity contribution in [1.82, 2.24) is 19.4 Å². The van der Waals surface area contributed by atoms with E-state index >= 15 is 0 Å². The topological polar surface area (TPSA) is 79.5 Å². The van der Waals surface area contributed by atoms with Crippen LogP contribution >= 0.6 is 0 Å². The van der Waals surface area contributed by atoms with Gasteiger partial charge in [-0.25, -0.2) is 12.7 Å². The summed E-state index contributed by atoms with van der Waals surface area (Å²) in [6.07, 6.45) is 3.11. The maximum Gasteiger partial charge on any atom is 0.230 e. The first-order chi connectivity index (χ1) is 8.86. The third-order valence-corrected chi connectivity index (χ3v) is 4.79. The second-order valence-corrected chi connectivity index (χ2v) is 7.07. The molecule has 0 aromatic carbocycles. The molecule has 1 aliphatic rings. The van der Waals surface area contributed by atoms with Crippen LogP contribution in [0.4, 0.5) is 0 Å². The Morgan fingerprint density at radius 2 is 2.21 bits per heavy atom.